The molecule has 2 nitrogen and oxygen atoms in total. The lowest BCUT2D eigenvalue weighted by molar-refractivity contribution is -0.137. The minimum atomic E-state index is -0.679. The van der Waals surface area contributed by atoms with E-state index in [9.17, 15) is 4.79 Å². The molecular weight excluding hydrogens is 164 g/mol. The molecule has 0 rings (SSSR count). The van der Waals surface area contributed by atoms with Crippen molar-refractivity contribution < 1.29 is 9.90 Å². The number of hydrogen-bond donors (Lipinski definition) is 1. The van der Waals surface area contributed by atoms with Gasteiger partial charge in [0.1, 0.15) is 0 Å². The molecule has 76 valence electrons. The normalized spacial score (nSPS) is 9.92. The molecule has 0 atom stereocenters. The van der Waals surface area contributed by atoms with Gasteiger partial charge in [0.25, 0.3) is 0 Å². The highest BCUT2D eigenvalue weighted by Crippen LogP contribution is 2.09. The molecule has 0 amide bonds. The number of rotatable bonds is 8. The number of aliphatic carboxylic acids is 1. The Bertz CT molecular complexity index is 143. The Morgan fingerprint density at radius 1 is 1.08 bits per heavy atom. The highest BCUT2D eigenvalue weighted by Gasteiger charge is 1.96. The predicted molar refractivity (Wildman–Crippen MR) is 54.8 cm³/mol. The molecule has 1 N–H and O–H groups in total. The van der Waals surface area contributed by atoms with Crippen molar-refractivity contribution >= 4 is 5.97 Å². The standard InChI is InChI=1S/C11H20O2/c1-10(2)8-6-4-3-5-7-9-11(12)13/h1,3-9H2,2H3,(H,12,13). The Labute approximate surface area is 80.7 Å². The van der Waals surface area contributed by atoms with E-state index in [2.05, 4.69) is 6.58 Å². The Kier molecular flexibility index (Phi) is 7.36. The average molecular weight is 184 g/mol. The molecule has 0 radical (unpaired) electrons. The second-order valence-corrected chi connectivity index (χ2v) is 3.62. The zero-order valence-electron chi connectivity index (χ0n) is 8.51. The van der Waals surface area contributed by atoms with Crippen LogP contribution in [0.1, 0.15) is 51.9 Å². The number of carboxylic acid groups (broad SMARTS) is 1. The summed E-state index contributed by atoms with van der Waals surface area (Å²) in [5, 5.41) is 8.38. The van der Waals surface area contributed by atoms with Crippen molar-refractivity contribution in [1.29, 1.82) is 0 Å². The van der Waals surface area contributed by atoms with E-state index in [0.29, 0.717) is 6.42 Å². The van der Waals surface area contributed by atoms with Gasteiger partial charge >= 0.3 is 5.97 Å². The van der Waals surface area contributed by atoms with Gasteiger partial charge in [0.05, 0.1) is 0 Å². The lowest BCUT2D eigenvalue weighted by Crippen LogP contribution is -1.93. The van der Waals surface area contributed by atoms with Crippen molar-refractivity contribution in [3.05, 3.63) is 12.2 Å². The van der Waals surface area contributed by atoms with Crippen LogP contribution in [0.3, 0.4) is 0 Å². The number of carboxylic acids is 1. The zero-order valence-corrected chi connectivity index (χ0v) is 8.51. The van der Waals surface area contributed by atoms with Crippen molar-refractivity contribution in [3.63, 3.8) is 0 Å². The van der Waals surface area contributed by atoms with E-state index in [1.165, 1.54) is 18.4 Å². The fourth-order valence-corrected chi connectivity index (χ4v) is 1.23. The van der Waals surface area contributed by atoms with Gasteiger partial charge < -0.3 is 5.11 Å². The van der Waals surface area contributed by atoms with Crippen molar-refractivity contribution in [2.24, 2.45) is 0 Å². The summed E-state index contributed by atoms with van der Waals surface area (Å²) in [6.07, 6.45) is 6.85. The molecule has 0 aliphatic heterocycles. The van der Waals surface area contributed by atoms with E-state index >= 15 is 0 Å². The second-order valence-electron chi connectivity index (χ2n) is 3.62. The molecule has 0 aromatic heterocycles. The molecule has 0 aliphatic carbocycles. The molecule has 0 heterocycles. The van der Waals surface area contributed by atoms with Gasteiger partial charge in [0, 0.05) is 6.42 Å². The van der Waals surface area contributed by atoms with Crippen LogP contribution in [0, 0.1) is 0 Å². The van der Waals surface area contributed by atoms with Crippen LogP contribution >= 0.6 is 0 Å². The summed E-state index contributed by atoms with van der Waals surface area (Å²) >= 11 is 0. The smallest absolute Gasteiger partial charge is 0.303 e. The molecule has 0 saturated carbocycles. The van der Waals surface area contributed by atoms with E-state index < -0.39 is 5.97 Å². The lowest BCUT2D eigenvalue weighted by atomic mass is 10.1. The maximum Gasteiger partial charge on any atom is 0.303 e. The summed E-state index contributed by atoms with van der Waals surface area (Å²) in [6.45, 7) is 5.88. The molecule has 2 heteroatoms. The van der Waals surface area contributed by atoms with Crippen molar-refractivity contribution in [3.8, 4) is 0 Å². The van der Waals surface area contributed by atoms with Gasteiger partial charge in [0.15, 0.2) is 0 Å². The Hall–Kier alpha value is -0.790. The average Bonchev–Trinajstić information content (AvgIpc) is 2.01. The summed E-state index contributed by atoms with van der Waals surface area (Å²) in [5.41, 5.74) is 1.24. The Morgan fingerprint density at radius 3 is 2.00 bits per heavy atom. The monoisotopic (exact) mass is 184 g/mol. The van der Waals surface area contributed by atoms with Crippen LogP contribution in [0.15, 0.2) is 12.2 Å². The van der Waals surface area contributed by atoms with Crippen molar-refractivity contribution in [1.82, 2.24) is 0 Å². The zero-order chi connectivity index (χ0) is 10.1. The largest absolute Gasteiger partial charge is 0.481 e. The first-order valence-electron chi connectivity index (χ1n) is 4.99. The fraction of sp³-hybridized carbons (Fsp3) is 0.727. The number of unbranched alkanes of at least 4 members (excludes halogenated alkanes) is 4. The summed E-state index contributed by atoms with van der Waals surface area (Å²) in [7, 11) is 0. The molecule has 0 unspecified atom stereocenters. The molecule has 0 aliphatic rings. The van der Waals surface area contributed by atoms with Crippen LogP contribution in [0.25, 0.3) is 0 Å². The van der Waals surface area contributed by atoms with Gasteiger partial charge in [-0.2, -0.15) is 0 Å². The number of carbonyl (C=O) groups is 1. The third kappa shape index (κ3) is 11.2. The first-order valence-corrected chi connectivity index (χ1v) is 4.99. The van der Waals surface area contributed by atoms with Crippen LogP contribution in [-0.4, -0.2) is 11.1 Å². The topological polar surface area (TPSA) is 37.3 Å². The third-order valence-corrected chi connectivity index (χ3v) is 1.99. The Balaban J connectivity index is 3.00. The second kappa shape index (κ2) is 7.84. The molecule has 0 bridgehead atoms. The SMILES string of the molecule is C=C(C)CCCCCCCC(=O)O. The minimum absolute atomic E-state index is 0.320. The van der Waals surface area contributed by atoms with E-state index in [1.54, 1.807) is 0 Å². The molecule has 0 spiro atoms. The third-order valence-electron chi connectivity index (χ3n) is 1.99. The summed E-state index contributed by atoms with van der Waals surface area (Å²) in [6, 6.07) is 0. The van der Waals surface area contributed by atoms with E-state index in [4.69, 9.17) is 5.11 Å². The van der Waals surface area contributed by atoms with E-state index in [1.807, 2.05) is 6.92 Å². The van der Waals surface area contributed by atoms with Crippen LogP contribution in [-0.2, 0) is 4.79 Å². The summed E-state index contributed by atoms with van der Waals surface area (Å²) < 4.78 is 0. The van der Waals surface area contributed by atoms with Gasteiger partial charge in [-0.25, -0.2) is 0 Å². The van der Waals surface area contributed by atoms with E-state index in [-0.39, 0.29) is 0 Å². The van der Waals surface area contributed by atoms with Crippen LogP contribution < -0.4 is 0 Å². The quantitative estimate of drug-likeness (QED) is 0.464. The highest BCUT2D eigenvalue weighted by atomic mass is 16.4. The van der Waals surface area contributed by atoms with Crippen molar-refractivity contribution in [2.45, 2.75) is 51.9 Å². The highest BCUT2D eigenvalue weighted by molar-refractivity contribution is 5.66. The van der Waals surface area contributed by atoms with Crippen LogP contribution in [0.4, 0.5) is 0 Å². The first kappa shape index (κ1) is 12.2. The Morgan fingerprint density at radius 2 is 1.54 bits per heavy atom. The molecule has 0 aromatic rings. The first-order chi connectivity index (χ1) is 6.13. The maximum atomic E-state index is 10.2. The minimum Gasteiger partial charge on any atom is -0.481 e. The molecule has 13 heavy (non-hydrogen) atoms. The fourth-order valence-electron chi connectivity index (χ4n) is 1.23. The number of hydrogen-bond acceptors (Lipinski definition) is 1. The van der Waals surface area contributed by atoms with Gasteiger partial charge in [0.2, 0.25) is 0 Å². The molecule has 0 fully saturated rings. The van der Waals surface area contributed by atoms with Crippen LogP contribution in [0.2, 0.25) is 0 Å². The molecule has 0 aromatic carbocycles. The molecular formula is C11H20O2. The maximum absolute atomic E-state index is 10.2. The van der Waals surface area contributed by atoms with Crippen molar-refractivity contribution in [2.75, 3.05) is 0 Å². The van der Waals surface area contributed by atoms with Gasteiger partial charge in [-0.15, -0.1) is 6.58 Å². The van der Waals surface area contributed by atoms with E-state index in [0.717, 1.165) is 25.7 Å². The van der Waals surface area contributed by atoms with Gasteiger partial charge in [-0.1, -0.05) is 24.8 Å². The molecule has 0 saturated heterocycles. The van der Waals surface area contributed by atoms with Crippen LogP contribution in [0.5, 0.6) is 0 Å². The van der Waals surface area contributed by atoms with Gasteiger partial charge in [-0.3, -0.25) is 4.79 Å². The summed E-state index contributed by atoms with van der Waals surface area (Å²) in [5.74, 6) is -0.679. The predicted octanol–water partition coefficient (Wildman–Crippen LogP) is 3.38. The number of allylic oxidation sites excluding steroid dienone is 1. The summed E-state index contributed by atoms with van der Waals surface area (Å²) in [4.78, 5) is 10.2. The van der Waals surface area contributed by atoms with Gasteiger partial charge in [-0.05, 0) is 26.2 Å². The lowest BCUT2D eigenvalue weighted by Gasteiger charge is -1.99.